The Morgan fingerprint density at radius 1 is 1.45 bits per heavy atom. The van der Waals surface area contributed by atoms with Crippen LogP contribution in [0.15, 0.2) is 11.0 Å². The molecule has 0 radical (unpaired) electrons. The quantitative estimate of drug-likeness (QED) is 0.460. The van der Waals surface area contributed by atoms with Gasteiger partial charge in [0.05, 0.1) is 6.20 Å². The molecule has 2 aromatic heterocycles. The number of nitrogens with two attached hydrogens (primary N) is 1. The van der Waals surface area contributed by atoms with Crippen LogP contribution in [0.3, 0.4) is 0 Å². The van der Waals surface area contributed by atoms with Crippen molar-refractivity contribution in [2.75, 3.05) is 5.73 Å². The summed E-state index contributed by atoms with van der Waals surface area (Å²) in [6.45, 7) is 0. The van der Waals surface area contributed by atoms with E-state index >= 15 is 0 Å². The second-order valence-corrected chi connectivity index (χ2v) is 2.07. The van der Waals surface area contributed by atoms with Crippen LogP contribution in [0.4, 0.5) is 5.95 Å². The molecule has 0 aliphatic heterocycles. The highest BCUT2D eigenvalue weighted by Crippen LogP contribution is 2.01. The molecule has 6 nitrogen and oxygen atoms in total. The Kier molecular flexibility index (Phi) is 0.974. The van der Waals surface area contributed by atoms with Crippen molar-refractivity contribution in [1.29, 1.82) is 0 Å². The maximum Gasteiger partial charge on any atom is 0.325 e. The molecule has 11 heavy (non-hydrogen) atoms. The van der Waals surface area contributed by atoms with E-state index in [2.05, 4.69) is 19.9 Å². The molecule has 6 heteroatoms. The SMILES string of the molecule is Nc1ncc2[nH]c(=O)[nH]c2n1. The maximum atomic E-state index is 10.7. The van der Waals surface area contributed by atoms with Crippen LogP contribution in [0.2, 0.25) is 0 Å². The third-order valence-corrected chi connectivity index (χ3v) is 1.29. The molecule has 4 N–H and O–H groups in total. The molecule has 0 saturated carbocycles. The van der Waals surface area contributed by atoms with Crippen molar-refractivity contribution < 1.29 is 0 Å². The summed E-state index contributed by atoms with van der Waals surface area (Å²) in [5, 5.41) is 0. The summed E-state index contributed by atoms with van der Waals surface area (Å²) in [4.78, 5) is 23.1. The zero-order chi connectivity index (χ0) is 7.84. The summed E-state index contributed by atoms with van der Waals surface area (Å²) in [6, 6.07) is 0. The zero-order valence-corrected chi connectivity index (χ0v) is 5.46. The molecule has 2 aromatic rings. The predicted octanol–water partition coefficient (Wildman–Crippen LogP) is -0.772. The van der Waals surface area contributed by atoms with Crippen LogP contribution in [-0.2, 0) is 0 Å². The summed E-state index contributed by atoms with van der Waals surface area (Å²) >= 11 is 0. The summed E-state index contributed by atoms with van der Waals surface area (Å²) in [7, 11) is 0. The molecule has 2 heterocycles. The number of H-pyrrole nitrogens is 2. The lowest BCUT2D eigenvalue weighted by molar-refractivity contribution is 1.19. The van der Waals surface area contributed by atoms with Crippen LogP contribution >= 0.6 is 0 Å². The van der Waals surface area contributed by atoms with Gasteiger partial charge in [-0.1, -0.05) is 0 Å². The second kappa shape index (κ2) is 1.82. The van der Waals surface area contributed by atoms with Crippen molar-refractivity contribution in [3.05, 3.63) is 16.7 Å². The fourth-order valence-corrected chi connectivity index (χ4v) is 0.843. The number of hydrogen-bond donors (Lipinski definition) is 3. The van der Waals surface area contributed by atoms with E-state index in [0.29, 0.717) is 11.2 Å². The largest absolute Gasteiger partial charge is 0.368 e. The number of fused-ring (bicyclic) bond motifs is 1. The Labute approximate surface area is 60.5 Å². The molecule has 0 aliphatic rings. The van der Waals surface area contributed by atoms with E-state index < -0.39 is 0 Å². The number of anilines is 1. The molecule has 2 rings (SSSR count). The molecule has 0 bridgehead atoms. The number of aromatic nitrogens is 4. The van der Waals surface area contributed by atoms with E-state index in [1.165, 1.54) is 6.20 Å². The van der Waals surface area contributed by atoms with Gasteiger partial charge in [-0.2, -0.15) is 4.98 Å². The molecule has 0 aliphatic carbocycles. The third kappa shape index (κ3) is 0.841. The number of imidazole rings is 1. The molecular weight excluding hydrogens is 146 g/mol. The van der Waals surface area contributed by atoms with Crippen LogP contribution in [0.5, 0.6) is 0 Å². The highest BCUT2D eigenvalue weighted by molar-refractivity contribution is 5.69. The topological polar surface area (TPSA) is 100 Å². The van der Waals surface area contributed by atoms with Gasteiger partial charge in [0.2, 0.25) is 5.95 Å². The Hall–Kier alpha value is -1.85. The van der Waals surface area contributed by atoms with Gasteiger partial charge in [-0.3, -0.25) is 4.98 Å². The van der Waals surface area contributed by atoms with Crippen LogP contribution in [0.1, 0.15) is 0 Å². The van der Waals surface area contributed by atoms with Crippen LogP contribution in [0.25, 0.3) is 11.2 Å². The average molecular weight is 151 g/mol. The van der Waals surface area contributed by atoms with E-state index in [-0.39, 0.29) is 11.6 Å². The molecular formula is C5H5N5O. The molecule has 0 amide bonds. The average Bonchev–Trinajstić information content (AvgIpc) is 2.27. The molecule has 0 unspecified atom stereocenters. The number of nitrogens with zero attached hydrogens (tertiary/aromatic N) is 2. The molecule has 0 atom stereocenters. The van der Waals surface area contributed by atoms with E-state index in [1.54, 1.807) is 0 Å². The summed E-state index contributed by atoms with van der Waals surface area (Å²) in [6.07, 6.45) is 1.45. The number of rotatable bonds is 0. The number of hydrogen-bond acceptors (Lipinski definition) is 4. The first kappa shape index (κ1) is 5.90. The van der Waals surface area contributed by atoms with E-state index in [0.717, 1.165) is 0 Å². The Morgan fingerprint density at radius 3 is 3.09 bits per heavy atom. The van der Waals surface area contributed by atoms with E-state index in [9.17, 15) is 4.79 Å². The molecule has 0 fully saturated rings. The van der Waals surface area contributed by atoms with E-state index in [1.807, 2.05) is 0 Å². The minimum atomic E-state index is -0.306. The first-order chi connectivity index (χ1) is 5.25. The minimum Gasteiger partial charge on any atom is -0.368 e. The number of nitrogens with one attached hydrogen (secondary N) is 2. The standard InChI is InChI=1S/C5H5N5O/c6-4-7-1-2-3(9-4)10-5(11)8-2/h1H,(H4,6,7,8,9,10,11). The lowest BCUT2D eigenvalue weighted by Gasteiger charge is -1.87. The maximum absolute atomic E-state index is 10.7. The highest BCUT2D eigenvalue weighted by atomic mass is 16.1. The fourth-order valence-electron chi connectivity index (χ4n) is 0.843. The van der Waals surface area contributed by atoms with Crippen molar-refractivity contribution in [2.24, 2.45) is 0 Å². The van der Waals surface area contributed by atoms with Crippen molar-refractivity contribution in [3.8, 4) is 0 Å². The normalized spacial score (nSPS) is 10.5. The van der Waals surface area contributed by atoms with Gasteiger partial charge in [0.1, 0.15) is 5.52 Å². The van der Waals surface area contributed by atoms with Crippen LogP contribution in [0, 0.1) is 0 Å². The van der Waals surface area contributed by atoms with Crippen LogP contribution < -0.4 is 11.4 Å². The van der Waals surface area contributed by atoms with Crippen molar-refractivity contribution >= 4 is 17.1 Å². The second-order valence-electron chi connectivity index (χ2n) is 2.07. The fraction of sp³-hybridized carbons (Fsp3) is 0. The Bertz CT molecular complexity index is 441. The van der Waals surface area contributed by atoms with Gasteiger partial charge in [-0.15, -0.1) is 0 Å². The summed E-state index contributed by atoms with van der Waals surface area (Å²) < 4.78 is 0. The van der Waals surface area contributed by atoms with Gasteiger partial charge in [-0.25, -0.2) is 9.78 Å². The third-order valence-electron chi connectivity index (χ3n) is 1.29. The Balaban J connectivity index is 2.92. The Morgan fingerprint density at radius 2 is 2.27 bits per heavy atom. The first-order valence-electron chi connectivity index (χ1n) is 2.96. The summed E-state index contributed by atoms with van der Waals surface area (Å²) in [5.74, 6) is 0.146. The molecule has 0 aromatic carbocycles. The summed E-state index contributed by atoms with van der Waals surface area (Å²) in [5.41, 5.74) is 5.96. The highest BCUT2D eigenvalue weighted by Gasteiger charge is 1.98. The molecule has 0 saturated heterocycles. The predicted molar refractivity (Wildman–Crippen MR) is 38.9 cm³/mol. The van der Waals surface area contributed by atoms with E-state index in [4.69, 9.17) is 5.73 Å². The first-order valence-corrected chi connectivity index (χ1v) is 2.96. The van der Waals surface area contributed by atoms with Gasteiger partial charge in [0.15, 0.2) is 5.65 Å². The molecule has 56 valence electrons. The number of nitrogen functional groups attached to an aromatic ring is 1. The zero-order valence-electron chi connectivity index (χ0n) is 5.46. The van der Waals surface area contributed by atoms with Crippen molar-refractivity contribution in [3.63, 3.8) is 0 Å². The molecule has 0 spiro atoms. The van der Waals surface area contributed by atoms with Gasteiger partial charge >= 0.3 is 5.69 Å². The lowest BCUT2D eigenvalue weighted by Crippen LogP contribution is -1.99. The number of aromatic amines is 2. The lowest BCUT2D eigenvalue weighted by atomic mass is 10.6. The van der Waals surface area contributed by atoms with Crippen molar-refractivity contribution in [1.82, 2.24) is 19.9 Å². The smallest absolute Gasteiger partial charge is 0.325 e. The van der Waals surface area contributed by atoms with Gasteiger partial charge in [0, 0.05) is 0 Å². The van der Waals surface area contributed by atoms with Gasteiger partial charge < -0.3 is 10.7 Å². The van der Waals surface area contributed by atoms with Gasteiger partial charge in [0.25, 0.3) is 0 Å². The van der Waals surface area contributed by atoms with Crippen molar-refractivity contribution in [2.45, 2.75) is 0 Å². The van der Waals surface area contributed by atoms with Crippen LogP contribution in [-0.4, -0.2) is 19.9 Å². The minimum absolute atomic E-state index is 0.146. The van der Waals surface area contributed by atoms with Gasteiger partial charge in [-0.05, 0) is 0 Å². The monoisotopic (exact) mass is 151 g/mol.